The quantitative estimate of drug-likeness (QED) is 0.261. The Kier molecular flexibility index (Phi) is 5.45. The van der Waals surface area contributed by atoms with Gasteiger partial charge in [-0.15, -0.1) is 11.3 Å². The van der Waals surface area contributed by atoms with E-state index in [4.69, 9.17) is 9.73 Å². The fourth-order valence-electron chi connectivity index (χ4n) is 4.13. The van der Waals surface area contributed by atoms with E-state index in [2.05, 4.69) is 9.88 Å². The number of hydrogen-bond donors (Lipinski definition) is 0. The molecule has 0 aliphatic carbocycles. The summed E-state index contributed by atoms with van der Waals surface area (Å²) >= 11 is 1.21. The van der Waals surface area contributed by atoms with Gasteiger partial charge in [0.2, 0.25) is 0 Å². The number of carbonyl (C=O) groups is 1. The number of likely N-dealkylation sites (tertiary alicyclic amines) is 1. The van der Waals surface area contributed by atoms with E-state index in [0.717, 1.165) is 36.7 Å². The summed E-state index contributed by atoms with van der Waals surface area (Å²) in [5.41, 5.74) is 0.347. The summed E-state index contributed by atoms with van der Waals surface area (Å²) in [6.45, 7) is 1.89. The Bertz CT molecular complexity index is 1390. The van der Waals surface area contributed by atoms with Crippen LogP contribution in [0.3, 0.4) is 0 Å². The first-order valence-corrected chi connectivity index (χ1v) is 11.4. The third-order valence-corrected chi connectivity index (χ3v) is 6.83. The van der Waals surface area contributed by atoms with Gasteiger partial charge in [-0.2, -0.15) is 0 Å². The van der Waals surface area contributed by atoms with Crippen molar-refractivity contribution in [2.75, 3.05) is 20.2 Å². The molecule has 1 fully saturated rings. The van der Waals surface area contributed by atoms with Crippen LogP contribution in [-0.4, -0.2) is 47.0 Å². The number of pyridine rings is 2. The van der Waals surface area contributed by atoms with Crippen LogP contribution in [0.5, 0.6) is 0 Å². The van der Waals surface area contributed by atoms with E-state index in [1.807, 2.05) is 30.6 Å². The molecule has 0 spiro atoms. The van der Waals surface area contributed by atoms with Gasteiger partial charge < -0.3 is 9.64 Å². The zero-order valence-electron chi connectivity index (χ0n) is 17.7. The zero-order chi connectivity index (χ0) is 22.1. The van der Waals surface area contributed by atoms with Crippen LogP contribution in [0.4, 0.5) is 5.69 Å². The summed E-state index contributed by atoms with van der Waals surface area (Å²) in [7, 11) is 1.36. The molecular weight excluding hydrogens is 424 g/mol. The maximum Gasteiger partial charge on any atom is 0.350 e. The lowest BCUT2D eigenvalue weighted by atomic mass is 10.1. The molecule has 0 bridgehead atoms. The highest BCUT2D eigenvalue weighted by atomic mass is 32.1. The Hall–Kier alpha value is -3.52. The molecule has 1 aliphatic rings. The molecule has 3 aromatic heterocycles. The number of benzene rings is 1. The molecule has 0 radical (unpaired) electrons. The van der Waals surface area contributed by atoms with E-state index in [-0.39, 0.29) is 5.56 Å². The molecule has 1 aliphatic heterocycles. The number of hydrogen-bond acceptors (Lipinski definition) is 6. The number of aliphatic imine (C=N–C) groups is 1. The van der Waals surface area contributed by atoms with Gasteiger partial charge in [-0.25, -0.2) is 14.8 Å². The fraction of sp³-hybridized carbons (Fsp3) is 0.250. The molecule has 0 unspecified atom stereocenters. The largest absolute Gasteiger partial charge is 0.465 e. The Morgan fingerprint density at radius 2 is 1.84 bits per heavy atom. The monoisotopic (exact) mass is 446 g/mol. The molecule has 1 aromatic carbocycles. The summed E-state index contributed by atoms with van der Waals surface area (Å²) in [5, 5.41) is 2.07. The molecule has 5 rings (SSSR count). The lowest BCUT2D eigenvalue weighted by Crippen LogP contribution is -2.28. The van der Waals surface area contributed by atoms with Gasteiger partial charge in [0.1, 0.15) is 21.2 Å². The average Bonchev–Trinajstić information content (AvgIpc) is 3.23. The lowest BCUT2D eigenvalue weighted by molar-refractivity contribution is 0.0607. The second kappa shape index (κ2) is 8.55. The van der Waals surface area contributed by atoms with Crippen molar-refractivity contribution < 1.29 is 9.53 Å². The number of methoxy groups -OCH3 is 1. The van der Waals surface area contributed by atoms with E-state index in [0.29, 0.717) is 26.6 Å². The summed E-state index contributed by atoms with van der Waals surface area (Å²) < 4.78 is 6.63. The minimum atomic E-state index is -0.471. The van der Waals surface area contributed by atoms with Gasteiger partial charge >= 0.3 is 5.97 Å². The zero-order valence-corrected chi connectivity index (χ0v) is 18.5. The van der Waals surface area contributed by atoms with Crippen molar-refractivity contribution in [1.29, 1.82) is 0 Å². The molecule has 162 valence electrons. The number of thiophene rings is 1. The Morgan fingerprint density at radius 1 is 1.09 bits per heavy atom. The normalized spacial score (nSPS) is 14.5. The summed E-state index contributed by atoms with van der Waals surface area (Å²) in [5.74, 6) is 0.0265. The van der Waals surface area contributed by atoms with Crippen molar-refractivity contribution in [2.45, 2.75) is 19.3 Å². The lowest BCUT2D eigenvalue weighted by Gasteiger charge is -2.23. The molecule has 32 heavy (non-hydrogen) atoms. The van der Waals surface area contributed by atoms with Gasteiger partial charge in [-0.3, -0.25) is 9.36 Å². The number of piperidine rings is 1. The average molecular weight is 447 g/mol. The van der Waals surface area contributed by atoms with Crippen LogP contribution in [0.25, 0.3) is 26.8 Å². The fourth-order valence-corrected chi connectivity index (χ4v) is 5.32. The van der Waals surface area contributed by atoms with Crippen molar-refractivity contribution in [3.63, 3.8) is 0 Å². The van der Waals surface area contributed by atoms with E-state index < -0.39 is 5.97 Å². The third kappa shape index (κ3) is 3.46. The van der Waals surface area contributed by atoms with Crippen LogP contribution in [0.15, 0.2) is 58.4 Å². The summed E-state index contributed by atoms with van der Waals surface area (Å²) in [6.07, 6.45) is 6.94. The maximum absolute atomic E-state index is 13.5. The van der Waals surface area contributed by atoms with Gasteiger partial charge in [0.05, 0.1) is 13.4 Å². The van der Waals surface area contributed by atoms with E-state index in [1.165, 1.54) is 24.9 Å². The molecule has 1 saturated heterocycles. The van der Waals surface area contributed by atoms with Crippen molar-refractivity contribution in [2.24, 2.45) is 4.99 Å². The molecule has 0 amide bonds. The molecule has 4 heterocycles. The summed E-state index contributed by atoms with van der Waals surface area (Å²) in [6, 6.07) is 12.8. The topological polar surface area (TPSA) is 76.8 Å². The first-order valence-electron chi connectivity index (χ1n) is 10.6. The van der Waals surface area contributed by atoms with Crippen molar-refractivity contribution in [3.8, 4) is 5.82 Å². The van der Waals surface area contributed by atoms with Crippen LogP contribution in [0.2, 0.25) is 0 Å². The van der Waals surface area contributed by atoms with Gasteiger partial charge in [-0.1, -0.05) is 24.3 Å². The second-order valence-corrected chi connectivity index (χ2v) is 8.67. The standard InChI is InChI=1S/C24H22N4O3S/c1-31-24(30)21-20(26-15-27-13-7-2-8-14-27)19-16-9-3-4-10-17(16)22(29)28(23(19)32-21)18-11-5-6-12-25-18/h3-6,9-12,15H,2,7-8,13-14H2,1H3. The SMILES string of the molecule is COC(=O)c1sc2c(c1N=CN1CCCCC1)c1ccccc1c(=O)n2-c1ccccn1. The molecule has 0 saturated carbocycles. The number of carbonyl (C=O) groups excluding carboxylic acids is 1. The highest BCUT2D eigenvalue weighted by Crippen LogP contribution is 2.42. The number of esters is 1. The number of nitrogens with zero attached hydrogens (tertiary/aromatic N) is 4. The number of fused-ring (bicyclic) bond motifs is 3. The minimum absolute atomic E-state index is 0.184. The molecular formula is C24H22N4O3S. The molecule has 0 N–H and O–H groups in total. The third-order valence-electron chi connectivity index (χ3n) is 5.69. The van der Waals surface area contributed by atoms with Gasteiger partial charge in [0, 0.05) is 30.1 Å². The first kappa shape index (κ1) is 20.4. The molecule has 7 nitrogen and oxygen atoms in total. The van der Waals surface area contributed by atoms with Crippen LogP contribution in [-0.2, 0) is 4.74 Å². The highest BCUT2D eigenvalue weighted by molar-refractivity contribution is 7.21. The van der Waals surface area contributed by atoms with Crippen LogP contribution in [0, 0.1) is 0 Å². The van der Waals surface area contributed by atoms with Crippen LogP contribution < -0.4 is 5.56 Å². The second-order valence-electron chi connectivity index (χ2n) is 7.67. The molecule has 4 aromatic rings. The van der Waals surface area contributed by atoms with Gasteiger partial charge in [-0.05, 0) is 42.8 Å². The van der Waals surface area contributed by atoms with Gasteiger partial charge in [0.15, 0.2) is 0 Å². The van der Waals surface area contributed by atoms with E-state index in [9.17, 15) is 9.59 Å². The number of ether oxygens (including phenoxy) is 1. The number of rotatable bonds is 4. The van der Waals surface area contributed by atoms with Crippen LogP contribution in [0.1, 0.15) is 28.9 Å². The van der Waals surface area contributed by atoms with Crippen molar-refractivity contribution in [3.05, 3.63) is 63.9 Å². The molecule has 0 atom stereocenters. The Labute approximate surface area is 188 Å². The predicted octanol–water partition coefficient (Wildman–Crippen LogP) is 4.53. The maximum atomic E-state index is 13.5. The highest BCUT2D eigenvalue weighted by Gasteiger charge is 2.25. The van der Waals surface area contributed by atoms with E-state index >= 15 is 0 Å². The predicted molar refractivity (Wildman–Crippen MR) is 128 cm³/mol. The molecule has 8 heteroatoms. The first-order chi connectivity index (χ1) is 15.7. The van der Waals surface area contributed by atoms with Crippen LogP contribution >= 0.6 is 11.3 Å². The van der Waals surface area contributed by atoms with Crippen molar-refractivity contribution in [1.82, 2.24) is 14.5 Å². The van der Waals surface area contributed by atoms with Crippen molar-refractivity contribution >= 4 is 50.3 Å². The Balaban J connectivity index is 1.85. The minimum Gasteiger partial charge on any atom is -0.465 e. The van der Waals surface area contributed by atoms with E-state index in [1.54, 1.807) is 29.0 Å². The Morgan fingerprint density at radius 3 is 2.56 bits per heavy atom. The van der Waals surface area contributed by atoms with Gasteiger partial charge in [0.25, 0.3) is 5.56 Å². The smallest absolute Gasteiger partial charge is 0.350 e. The number of aromatic nitrogens is 2. The summed E-state index contributed by atoms with van der Waals surface area (Å²) in [4.78, 5) is 38.5.